The number of nitro groups is 1. The Kier molecular flexibility index (Phi) is 5.27. The zero-order valence-corrected chi connectivity index (χ0v) is 15.3. The van der Waals surface area contributed by atoms with Gasteiger partial charge >= 0.3 is 5.00 Å². The van der Waals surface area contributed by atoms with E-state index in [-0.39, 0.29) is 16.7 Å². The van der Waals surface area contributed by atoms with E-state index in [1.807, 2.05) is 0 Å². The van der Waals surface area contributed by atoms with E-state index in [9.17, 15) is 14.9 Å². The predicted octanol–water partition coefficient (Wildman–Crippen LogP) is 3.92. The summed E-state index contributed by atoms with van der Waals surface area (Å²) >= 11 is 5.55. The maximum Gasteiger partial charge on any atom is 0.337 e. The number of nitrogens with zero attached hydrogens (tertiary/aromatic N) is 1. The minimum atomic E-state index is -0.442. The van der Waals surface area contributed by atoms with Gasteiger partial charge in [0.1, 0.15) is 13.2 Å². The smallest absolute Gasteiger partial charge is 0.337 e. The van der Waals surface area contributed by atoms with Crippen molar-refractivity contribution >= 4 is 55.6 Å². The number of carbonyl (C=O) groups excluding carboxylic acids is 1. The van der Waals surface area contributed by atoms with Crippen molar-refractivity contribution in [2.75, 3.05) is 24.3 Å². The number of thiophene rings is 1. The van der Waals surface area contributed by atoms with E-state index < -0.39 is 4.92 Å². The highest BCUT2D eigenvalue weighted by Crippen LogP contribution is 2.38. The fourth-order valence-electron chi connectivity index (χ4n) is 2.02. The normalized spacial score (nSPS) is 12.7. The summed E-state index contributed by atoms with van der Waals surface area (Å²) in [6.45, 7) is 0.945. The molecule has 0 unspecified atom stereocenters. The highest BCUT2D eigenvalue weighted by molar-refractivity contribution is 9.10. The van der Waals surface area contributed by atoms with Crippen LogP contribution in [0.1, 0.15) is 0 Å². The Morgan fingerprint density at radius 2 is 2.08 bits per heavy atom. The molecular formula is C14H11BrN2O5S2. The van der Waals surface area contributed by atoms with Crippen LogP contribution < -0.4 is 14.8 Å². The van der Waals surface area contributed by atoms with Gasteiger partial charge in [-0.25, -0.2) is 0 Å². The maximum atomic E-state index is 12.1. The highest BCUT2D eigenvalue weighted by atomic mass is 79.9. The van der Waals surface area contributed by atoms with Gasteiger partial charge in [0.25, 0.3) is 0 Å². The third kappa shape index (κ3) is 3.82. The Morgan fingerprint density at radius 1 is 1.38 bits per heavy atom. The van der Waals surface area contributed by atoms with E-state index in [0.29, 0.717) is 39.8 Å². The van der Waals surface area contributed by atoms with Gasteiger partial charge in [0, 0.05) is 16.6 Å². The fourth-order valence-corrected chi connectivity index (χ4v) is 4.17. The molecule has 0 saturated heterocycles. The number of carbonyl (C=O) groups is 1. The number of amides is 1. The van der Waals surface area contributed by atoms with Crippen molar-refractivity contribution in [3.8, 4) is 11.5 Å². The number of thioether (sulfide) groups is 1. The highest BCUT2D eigenvalue weighted by Gasteiger charge is 2.19. The average Bonchev–Trinajstić information content (AvgIpc) is 3.02. The number of ether oxygens (including phenoxy) is 2. The first kappa shape index (κ1) is 17.1. The molecule has 0 aliphatic carbocycles. The molecule has 0 bridgehead atoms. The molecule has 2 aromatic rings. The van der Waals surface area contributed by atoms with Gasteiger partial charge in [-0.15, -0.1) is 11.8 Å². The van der Waals surface area contributed by atoms with E-state index >= 15 is 0 Å². The molecule has 0 fully saturated rings. The molecule has 10 heteroatoms. The first-order valence-electron chi connectivity index (χ1n) is 6.78. The van der Waals surface area contributed by atoms with Crippen LogP contribution >= 0.6 is 39.0 Å². The number of benzene rings is 1. The molecule has 1 N–H and O–H groups in total. The lowest BCUT2D eigenvalue weighted by atomic mass is 10.2. The molecule has 3 rings (SSSR count). The number of rotatable bonds is 5. The molecule has 0 saturated carbocycles. The minimum absolute atomic E-state index is 0.0494. The summed E-state index contributed by atoms with van der Waals surface area (Å²) < 4.78 is 11.6. The molecule has 1 aliphatic rings. The number of anilines is 1. The van der Waals surface area contributed by atoms with Crippen LogP contribution in [0.3, 0.4) is 0 Å². The summed E-state index contributed by atoms with van der Waals surface area (Å²) in [6.07, 6.45) is 0. The molecular weight excluding hydrogens is 420 g/mol. The lowest BCUT2D eigenvalue weighted by Crippen LogP contribution is -2.17. The monoisotopic (exact) mass is 430 g/mol. The number of hydrogen-bond acceptors (Lipinski definition) is 7. The number of nitrogens with one attached hydrogen (secondary N) is 1. The van der Waals surface area contributed by atoms with Gasteiger partial charge < -0.3 is 14.8 Å². The molecule has 1 aromatic carbocycles. The minimum Gasteiger partial charge on any atom is -0.486 e. The van der Waals surface area contributed by atoms with Crippen LogP contribution in [0.5, 0.6) is 11.5 Å². The van der Waals surface area contributed by atoms with E-state index in [2.05, 4.69) is 21.2 Å². The number of hydrogen-bond donors (Lipinski definition) is 1. The first-order valence-corrected chi connectivity index (χ1v) is 9.44. The lowest BCUT2D eigenvalue weighted by Gasteiger charge is -2.20. The topological polar surface area (TPSA) is 90.7 Å². The van der Waals surface area contributed by atoms with Gasteiger partial charge in [0.15, 0.2) is 11.5 Å². The molecule has 0 radical (unpaired) electrons. The molecule has 2 heterocycles. The summed E-state index contributed by atoms with van der Waals surface area (Å²) in [5.74, 6) is 0.992. The molecule has 24 heavy (non-hydrogen) atoms. The Balaban J connectivity index is 1.65. The largest absolute Gasteiger partial charge is 0.486 e. The van der Waals surface area contributed by atoms with Crippen molar-refractivity contribution in [2.24, 2.45) is 0 Å². The molecule has 1 aliphatic heterocycles. The van der Waals surface area contributed by atoms with Gasteiger partial charge in [-0.05, 0) is 27.4 Å². The molecule has 1 amide bonds. The third-order valence-corrected chi connectivity index (χ3v) is 5.74. The van der Waals surface area contributed by atoms with Crippen LogP contribution in [0.15, 0.2) is 32.9 Å². The van der Waals surface area contributed by atoms with Crippen molar-refractivity contribution in [3.63, 3.8) is 0 Å². The lowest BCUT2D eigenvalue weighted by molar-refractivity contribution is -0.382. The van der Waals surface area contributed by atoms with Crippen LogP contribution in [-0.2, 0) is 4.79 Å². The Labute approximate surface area is 153 Å². The van der Waals surface area contributed by atoms with Crippen LogP contribution in [0.4, 0.5) is 10.7 Å². The van der Waals surface area contributed by atoms with Crippen LogP contribution in [0.25, 0.3) is 0 Å². The summed E-state index contributed by atoms with van der Waals surface area (Å²) in [5, 5.41) is 15.3. The quantitative estimate of drug-likeness (QED) is 0.439. The van der Waals surface area contributed by atoms with Crippen LogP contribution in [0.2, 0.25) is 0 Å². The SMILES string of the molecule is O=C(CSc1ccsc1[N+](=O)[O-])Nc1cc2c(cc1Br)OCCO2. The van der Waals surface area contributed by atoms with E-state index in [1.54, 1.807) is 23.6 Å². The van der Waals surface area contributed by atoms with Crippen molar-refractivity contribution in [1.29, 1.82) is 0 Å². The third-order valence-electron chi connectivity index (χ3n) is 3.04. The average molecular weight is 431 g/mol. The van der Waals surface area contributed by atoms with Crippen molar-refractivity contribution in [3.05, 3.63) is 38.2 Å². The zero-order chi connectivity index (χ0) is 17.1. The Bertz CT molecular complexity index is 795. The summed E-state index contributed by atoms with van der Waals surface area (Å²) in [6, 6.07) is 5.07. The fraction of sp³-hybridized carbons (Fsp3) is 0.214. The van der Waals surface area contributed by atoms with Gasteiger partial charge in [0.2, 0.25) is 5.91 Å². The van der Waals surface area contributed by atoms with Gasteiger partial charge in [-0.1, -0.05) is 11.3 Å². The van der Waals surface area contributed by atoms with E-state index in [1.165, 1.54) is 0 Å². The van der Waals surface area contributed by atoms with Gasteiger partial charge in [-0.3, -0.25) is 14.9 Å². The summed E-state index contributed by atoms with van der Waals surface area (Å²) in [4.78, 5) is 23.0. The summed E-state index contributed by atoms with van der Waals surface area (Å²) in [5.41, 5.74) is 0.560. The van der Waals surface area contributed by atoms with Crippen molar-refractivity contribution < 1.29 is 19.2 Å². The molecule has 126 valence electrons. The van der Waals surface area contributed by atoms with Crippen molar-refractivity contribution in [2.45, 2.75) is 4.90 Å². The maximum absolute atomic E-state index is 12.1. The van der Waals surface area contributed by atoms with Gasteiger partial charge in [-0.2, -0.15) is 0 Å². The van der Waals surface area contributed by atoms with E-state index in [0.717, 1.165) is 23.1 Å². The second kappa shape index (κ2) is 7.41. The predicted molar refractivity (Wildman–Crippen MR) is 95.5 cm³/mol. The first-order chi connectivity index (χ1) is 11.5. The summed E-state index contributed by atoms with van der Waals surface area (Å²) in [7, 11) is 0. The molecule has 0 atom stereocenters. The molecule has 1 aromatic heterocycles. The number of fused-ring (bicyclic) bond motifs is 1. The standard InChI is InChI=1S/C14H11BrN2O5S2/c15-8-5-10-11(22-3-2-21-10)6-9(8)16-13(18)7-24-12-1-4-23-14(12)17(19)20/h1,4-6H,2-3,7H2,(H,16,18). The second-order valence-corrected chi connectivity index (χ2v) is 7.43. The molecule has 7 nitrogen and oxygen atoms in total. The second-order valence-electron chi connectivity index (χ2n) is 4.66. The molecule has 0 spiro atoms. The number of halogens is 1. The van der Waals surface area contributed by atoms with Crippen LogP contribution in [0, 0.1) is 10.1 Å². The zero-order valence-electron chi connectivity index (χ0n) is 12.1. The van der Waals surface area contributed by atoms with Gasteiger partial charge in [0.05, 0.1) is 21.3 Å². The Hall–Kier alpha value is -1.78. The van der Waals surface area contributed by atoms with Crippen molar-refractivity contribution in [1.82, 2.24) is 0 Å². The Morgan fingerprint density at radius 3 is 2.79 bits per heavy atom. The van der Waals surface area contributed by atoms with Crippen LogP contribution in [-0.4, -0.2) is 29.8 Å². The van der Waals surface area contributed by atoms with E-state index in [4.69, 9.17) is 9.47 Å².